The van der Waals surface area contributed by atoms with Crippen LogP contribution in [0.15, 0.2) is 41.3 Å². The lowest BCUT2D eigenvalue weighted by molar-refractivity contribution is 0.517. The van der Waals surface area contributed by atoms with Crippen molar-refractivity contribution in [1.29, 1.82) is 0 Å². The highest BCUT2D eigenvalue weighted by Crippen LogP contribution is 2.12. The van der Waals surface area contributed by atoms with Gasteiger partial charge in [-0.05, 0) is 18.2 Å². The molecule has 1 N–H and O–H groups in total. The van der Waals surface area contributed by atoms with E-state index in [1.54, 1.807) is 18.4 Å². The molecule has 14 heavy (non-hydrogen) atoms. The Hall–Kier alpha value is -1.84. The van der Waals surface area contributed by atoms with Crippen molar-refractivity contribution in [2.45, 2.75) is 6.54 Å². The maximum atomic E-state index is 13.1. The van der Waals surface area contributed by atoms with Crippen LogP contribution in [0.1, 0.15) is 5.76 Å². The molecular weight excluding hydrogens is 183 g/mol. The summed E-state index contributed by atoms with van der Waals surface area (Å²) in [4.78, 5) is 3.65. The number of nitrogens with zero attached hydrogens (tertiary/aromatic N) is 1. The molecule has 0 aliphatic carbocycles. The Kier molecular flexibility index (Phi) is 2.44. The Bertz CT molecular complexity index is 400. The van der Waals surface area contributed by atoms with Gasteiger partial charge in [-0.2, -0.15) is 0 Å². The largest absolute Gasteiger partial charge is 0.467 e. The molecule has 0 aliphatic rings. The molecule has 2 aromatic rings. The predicted molar refractivity (Wildman–Crippen MR) is 50.2 cm³/mol. The summed E-state index contributed by atoms with van der Waals surface area (Å²) < 4.78 is 18.2. The highest BCUT2D eigenvalue weighted by atomic mass is 19.1. The Labute approximate surface area is 80.6 Å². The van der Waals surface area contributed by atoms with Crippen LogP contribution in [0.3, 0.4) is 0 Å². The van der Waals surface area contributed by atoms with Gasteiger partial charge in [-0.25, -0.2) is 4.39 Å². The second-order valence-corrected chi connectivity index (χ2v) is 2.79. The standard InChI is InChI=1S/C10H9FN2O/c11-9-7-12-4-3-10(9)13-6-8-2-1-5-14-8/h1-5,7H,6H2,(H,12,13). The van der Waals surface area contributed by atoms with Crippen LogP contribution < -0.4 is 5.32 Å². The van der Waals surface area contributed by atoms with Gasteiger partial charge in [-0.1, -0.05) is 0 Å². The molecule has 2 aromatic heterocycles. The zero-order valence-corrected chi connectivity index (χ0v) is 7.40. The lowest BCUT2D eigenvalue weighted by Gasteiger charge is -2.04. The normalized spacial score (nSPS) is 10.1. The van der Waals surface area contributed by atoms with Crippen LogP contribution in [0.5, 0.6) is 0 Å². The molecule has 0 aliphatic heterocycles. The smallest absolute Gasteiger partial charge is 0.164 e. The van der Waals surface area contributed by atoms with E-state index in [2.05, 4.69) is 10.3 Å². The van der Waals surface area contributed by atoms with Crippen molar-refractivity contribution >= 4 is 5.69 Å². The molecule has 0 radical (unpaired) electrons. The molecule has 2 heterocycles. The van der Waals surface area contributed by atoms with Gasteiger partial charge >= 0.3 is 0 Å². The minimum Gasteiger partial charge on any atom is -0.467 e. The van der Waals surface area contributed by atoms with E-state index in [1.807, 2.05) is 6.07 Å². The van der Waals surface area contributed by atoms with Gasteiger partial charge in [-0.3, -0.25) is 4.98 Å². The highest BCUT2D eigenvalue weighted by Gasteiger charge is 2.00. The van der Waals surface area contributed by atoms with Crippen molar-refractivity contribution in [3.05, 3.63) is 48.4 Å². The maximum Gasteiger partial charge on any atom is 0.164 e. The minimum absolute atomic E-state index is 0.362. The molecule has 0 saturated carbocycles. The Morgan fingerprint density at radius 2 is 2.36 bits per heavy atom. The topological polar surface area (TPSA) is 38.1 Å². The number of furan rings is 1. The number of hydrogen-bond acceptors (Lipinski definition) is 3. The third-order valence-electron chi connectivity index (χ3n) is 1.81. The number of pyridine rings is 1. The molecule has 3 nitrogen and oxygen atoms in total. The van der Waals surface area contributed by atoms with Crippen LogP contribution >= 0.6 is 0 Å². The van der Waals surface area contributed by atoms with Gasteiger partial charge in [-0.15, -0.1) is 0 Å². The first-order chi connectivity index (χ1) is 6.86. The van der Waals surface area contributed by atoms with E-state index in [0.29, 0.717) is 12.2 Å². The number of rotatable bonds is 3. The van der Waals surface area contributed by atoms with Gasteiger partial charge in [0.2, 0.25) is 0 Å². The number of halogens is 1. The number of nitrogens with one attached hydrogen (secondary N) is 1. The molecule has 0 aromatic carbocycles. The van der Waals surface area contributed by atoms with E-state index in [9.17, 15) is 4.39 Å². The zero-order chi connectivity index (χ0) is 9.80. The van der Waals surface area contributed by atoms with Crippen LogP contribution in [-0.4, -0.2) is 4.98 Å². The molecular formula is C10H9FN2O. The van der Waals surface area contributed by atoms with Gasteiger partial charge in [0.05, 0.1) is 24.7 Å². The van der Waals surface area contributed by atoms with Crippen LogP contribution in [0.4, 0.5) is 10.1 Å². The second-order valence-electron chi connectivity index (χ2n) is 2.79. The molecule has 4 heteroatoms. The molecule has 0 atom stereocenters. The van der Waals surface area contributed by atoms with Gasteiger partial charge in [0.1, 0.15) is 5.76 Å². The molecule has 0 unspecified atom stereocenters. The fraction of sp³-hybridized carbons (Fsp3) is 0.100. The van der Waals surface area contributed by atoms with Crippen molar-refractivity contribution in [1.82, 2.24) is 4.98 Å². The zero-order valence-electron chi connectivity index (χ0n) is 7.40. The quantitative estimate of drug-likeness (QED) is 0.811. The van der Waals surface area contributed by atoms with Crippen molar-refractivity contribution in [2.75, 3.05) is 5.32 Å². The van der Waals surface area contributed by atoms with Gasteiger partial charge < -0.3 is 9.73 Å². The molecule has 2 rings (SSSR count). The lowest BCUT2D eigenvalue weighted by atomic mass is 10.3. The van der Waals surface area contributed by atoms with Crippen LogP contribution in [0.2, 0.25) is 0 Å². The van der Waals surface area contributed by atoms with Crippen LogP contribution in [0.25, 0.3) is 0 Å². The fourth-order valence-corrected chi connectivity index (χ4v) is 1.11. The maximum absolute atomic E-state index is 13.1. The van der Waals surface area contributed by atoms with Crippen molar-refractivity contribution in [3.8, 4) is 0 Å². The average Bonchev–Trinajstić information content (AvgIpc) is 2.69. The van der Waals surface area contributed by atoms with E-state index in [1.165, 1.54) is 12.4 Å². The van der Waals surface area contributed by atoms with Crippen molar-refractivity contribution in [2.24, 2.45) is 0 Å². The van der Waals surface area contributed by atoms with E-state index in [4.69, 9.17) is 4.42 Å². The number of hydrogen-bond donors (Lipinski definition) is 1. The third-order valence-corrected chi connectivity index (χ3v) is 1.81. The monoisotopic (exact) mass is 192 g/mol. The van der Waals surface area contributed by atoms with Gasteiger partial charge in [0.15, 0.2) is 5.82 Å². The minimum atomic E-state index is -0.362. The Morgan fingerprint density at radius 3 is 3.07 bits per heavy atom. The van der Waals surface area contributed by atoms with Crippen molar-refractivity contribution in [3.63, 3.8) is 0 Å². The fourth-order valence-electron chi connectivity index (χ4n) is 1.11. The number of aromatic nitrogens is 1. The molecule has 72 valence electrons. The summed E-state index contributed by atoms with van der Waals surface area (Å²) in [5, 5.41) is 2.91. The molecule has 0 bridgehead atoms. The summed E-state index contributed by atoms with van der Waals surface area (Å²) in [6.07, 6.45) is 4.29. The van der Waals surface area contributed by atoms with E-state index < -0.39 is 0 Å². The average molecular weight is 192 g/mol. The third kappa shape index (κ3) is 1.90. The Balaban J connectivity index is 2.02. The summed E-state index contributed by atoms with van der Waals surface area (Å²) in [5.41, 5.74) is 0.427. The molecule has 0 amide bonds. The summed E-state index contributed by atoms with van der Waals surface area (Å²) in [7, 11) is 0. The number of anilines is 1. The van der Waals surface area contributed by atoms with Gasteiger partial charge in [0, 0.05) is 6.20 Å². The summed E-state index contributed by atoms with van der Waals surface area (Å²) in [6.45, 7) is 0.466. The Morgan fingerprint density at radius 1 is 1.43 bits per heavy atom. The first-order valence-corrected chi connectivity index (χ1v) is 4.22. The predicted octanol–water partition coefficient (Wildman–Crippen LogP) is 2.43. The van der Waals surface area contributed by atoms with Crippen molar-refractivity contribution < 1.29 is 8.81 Å². The molecule has 0 spiro atoms. The second kappa shape index (κ2) is 3.91. The summed E-state index contributed by atoms with van der Waals surface area (Å²) in [5.74, 6) is 0.403. The lowest BCUT2D eigenvalue weighted by Crippen LogP contribution is -2.00. The first-order valence-electron chi connectivity index (χ1n) is 4.22. The van der Waals surface area contributed by atoms with Gasteiger partial charge in [0.25, 0.3) is 0 Å². The highest BCUT2D eigenvalue weighted by molar-refractivity contribution is 5.42. The van der Waals surface area contributed by atoms with Crippen LogP contribution in [-0.2, 0) is 6.54 Å². The van der Waals surface area contributed by atoms with E-state index in [0.717, 1.165) is 5.76 Å². The van der Waals surface area contributed by atoms with E-state index in [-0.39, 0.29) is 5.82 Å². The van der Waals surface area contributed by atoms with E-state index >= 15 is 0 Å². The molecule has 0 saturated heterocycles. The SMILES string of the molecule is Fc1cnccc1NCc1ccco1. The summed E-state index contributed by atoms with van der Waals surface area (Å²) in [6, 6.07) is 5.20. The van der Waals surface area contributed by atoms with Crippen LogP contribution in [0, 0.1) is 5.82 Å². The summed E-state index contributed by atoms with van der Waals surface area (Å²) >= 11 is 0. The molecule has 0 fully saturated rings. The first kappa shape index (κ1) is 8.74.